The molecular formula is C14H24F3N3. The first kappa shape index (κ1) is 17.3. The van der Waals surface area contributed by atoms with Gasteiger partial charge < -0.3 is 5.32 Å². The predicted octanol–water partition coefficient (Wildman–Crippen LogP) is 2.93. The summed E-state index contributed by atoms with van der Waals surface area (Å²) in [5.74, 6) is 0.131. The van der Waals surface area contributed by atoms with Crippen molar-refractivity contribution in [2.75, 3.05) is 20.1 Å². The second kappa shape index (κ2) is 6.77. The van der Waals surface area contributed by atoms with Crippen LogP contribution >= 0.6 is 0 Å². The zero-order chi connectivity index (χ0) is 15.4. The Kier molecular flexibility index (Phi) is 5.84. The molecule has 0 amide bonds. The van der Waals surface area contributed by atoms with E-state index in [9.17, 15) is 18.4 Å². The number of hydrogen-bond donors (Lipinski definition) is 1. The van der Waals surface area contributed by atoms with Crippen LogP contribution in [0.5, 0.6) is 0 Å². The van der Waals surface area contributed by atoms with E-state index in [0.29, 0.717) is 13.0 Å². The third-order valence-electron chi connectivity index (χ3n) is 4.34. The second-order valence-electron chi connectivity index (χ2n) is 5.89. The minimum absolute atomic E-state index is 0.131. The summed E-state index contributed by atoms with van der Waals surface area (Å²) in [5, 5.41) is 12.4. The number of nitriles is 1. The maximum absolute atomic E-state index is 12.5. The van der Waals surface area contributed by atoms with Crippen LogP contribution in [0.15, 0.2) is 0 Å². The summed E-state index contributed by atoms with van der Waals surface area (Å²) in [4.78, 5) is 1.44. The number of nitrogens with zero attached hydrogens (tertiary/aromatic N) is 2. The highest BCUT2D eigenvalue weighted by atomic mass is 19.4. The van der Waals surface area contributed by atoms with E-state index in [1.165, 1.54) is 4.90 Å². The van der Waals surface area contributed by atoms with E-state index in [4.69, 9.17) is 0 Å². The van der Waals surface area contributed by atoms with Crippen LogP contribution in [0.3, 0.4) is 0 Å². The Balaban J connectivity index is 2.62. The molecule has 0 bridgehead atoms. The molecule has 3 nitrogen and oxygen atoms in total. The van der Waals surface area contributed by atoms with Crippen molar-refractivity contribution in [1.82, 2.24) is 10.2 Å². The third-order valence-corrected chi connectivity index (χ3v) is 4.34. The van der Waals surface area contributed by atoms with Crippen molar-refractivity contribution in [2.45, 2.75) is 57.3 Å². The van der Waals surface area contributed by atoms with Gasteiger partial charge in [0.25, 0.3) is 0 Å². The first-order valence-corrected chi connectivity index (χ1v) is 7.15. The molecule has 1 rings (SSSR count). The lowest BCUT2D eigenvalue weighted by Crippen LogP contribution is -2.47. The molecule has 20 heavy (non-hydrogen) atoms. The van der Waals surface area contributed by atoms with Gasteiger partial charge in [-0.2, -0.15) is 18.4 Å². The lowest BCUT2D eigenvalue weighted by atomic mass is 9.86. The third kappa shape index (κ3) is 4.35. The standard InChI is InChI=1S/C14H24F3N3/c1-11(2)20(10-14(15,16)17)8-6-12-5-4-7-13(12,9-18)19-3/h11-12,19H,4-8,10H2,1-3H3. The van der Waals surface area contributed by atoms with Gasteiger partial charge in [-0.1, -0.05) is 6.42 Å². The van der Waals surface area contributed by atoms with Crippen molar-refractivity contribution in [3.8, 4) is 6.07 Å². The van der Waals surface area contributed by atoms with Crippen molar-refractivity contribution in [3.63, 3.8) is 0 Å². The maximum Gasteiger partial charge on any atom is 0.401 e. The lowest BCUT2D eigenvalue weighted by molar-refractivity contribution is -0.150. The molecule has 0 aromatic carbocycles. The van der Waals surface area contributed by atoms with Crippen molar-refractivity contribution in [1.29, 1.82) is 5.26 Å². The highest BCUT2D eigenvalue weighted by Gasteiger charge is 2.42. The van der Waals surface area contributed by atoms with E-state index < -0.39 is 18.3 Å². The molecule has 116 valence electrons. The summed E-state index contributed by atoms with van der Waals surface area (Å²) in [7, 11) is 1.76. The first-order valence-electron chi connectivity index (χ1n) is 7.15. The van der Waals surface area contributed by atoms with Gasteiger partial charge in [-0.3, -0.25) is 4.90 Å². The number of hydrogen-bond acceptors (Lipinski definition) is 3. The minimum Gasteiger partial charge on any atom is -0.302 e. The summed E-state index contributed by atoms with van der Waals surface area (Å²) in [6, 6.07) is 2.18. The van der Waals surface area contributed by atoms with E-state index in [-0.39, 0.29) is 12.0 Å². The average Bonchev–Trinajstić information content (AvgIpc) is 2.76. The molecule has 1 aliphatic carbocycles. The van der Waals surface area contributed by atoms with Gasteiger partial charge in [-0.25, -0.2) is 0 Å². The van der Waals surface area contributed by atoms with Gasteiger partial charge in [-0.05, 0) is 52.6 Å². The van der Waals surface area contributed by atoms with Crippen LogP contribution in [0.4, 0.5) is 13.2 Å². The van der Waals surface area contributed by atoms with Gasteiger partial charge in [0.2, 0.25) is 0 Å². The minimum atomic E-state index is -4.17. The molecule has 1 N–H and O–H groups in total. The zero-order valence-electron chi connectivity index (χ0n) is 12.4. The Morgan fingerprint density at radius 2 is 2.10 bits per heavy atom. The molecule has 0 aliphatic heterocycles. The second-order valence-corrected chi connectivity index (χ2v) is 5.89. The predicted molar refractivity (Wildman–Crippen MR) is 72.1 cm³/mol. The summed E-state index contributed by atoms with van der Waals surface area (Å²) in [6.45, 7) is 3.05. The molecule has 6 heteroatoms. The van der Waals surface area contributed by atoms with Gasteiger partial charge in [-0.15, -0.1) is 0 Å². The Bertz CT molecular complexity index is 349. The molecule has 0 spiro atoms. The molecule has 0 aromatic rings. The van der Waals surface area contributed by atoms with Crippen LogP contribution in [0.2, 0.25) is 0 Å². The van der Waals surface area contributed by atoms with Crippen LogP contribution < -0.4 is 5.32 Å². The van der Waals surface area contributed by atoms with Crippen LogP contribution in [-0.4, -0.2) is 42.8 Å². The number of nitrogens with one attached hydrogen (secondary N) is 1. The van der Waals surface area contributed by atoms with Crippen LogP contribution in [-0.2, 0) is 0 Å². The van der Waals surface area contributed by atoms with Crippen LogP contribution in [0.25, 0.3) is 0 Å². The molecule has 1 aliphatic rings. The molecule has 2 unspecified atom stereocenters. The van der Waals surface area contributed by atoms with E-state index >= 15 is 0 Å². The van der Waals surface area contributed by atoms with Gasteiger partial charge in [0.15, 0.2) is 0 Å². The monoisotopic (exact) mass is 291 g/mol. The van der Waals surface area contributed by atoms with E-state index in [2.05, 4.69) is 11.4 Å². The quantitative estimate of drug-likeness (QED) is 0.818. The summed E-state index contributed by atoms with van der Waals surface area (Å²) >= 11 is 0. The van der Waals surface area contributed by atoms with Gasteiger partial charge in [0, 0.05) is 6.04 Å². The van der Waals surface area contributed by atoms with Crippen molar-refractivity contribution in [3.05, 3.63) is 0 Å². The number of halogens is 3. The molecule has 1 fully saturated rings. The maximum atomic E-state index is 12.5. The Labute approximate surface area is 119 Å². The highest BCUT2D eigenvalue weighted by Crippen LogP contribution is 2.37. The van der Waals surface area contributed by atoms with Crippen LogP contribution in [0, 0.1) is 17.2 Å². The molecule has 0 heterocycles. The fraction of sp³-hybridized carbons (Fsp3) is 0.929. The van der Waals surface area contributed by atoms with E-state index in [1.807, 2.05) is 0 Å². The van der Waals surface area contributed by atoms with Gasteiger partial charge in [0.1, 0.15) is 5.54 Å². The van der Waals surface area contributed by atoms with Crippen molar-refractivity contribution < 1.29 is 13.2 Å². The molecule has 0 saturated heterocycles. The first-order chi connectivity index (χ1) is 9.24. The summed E-state index contributed by atoms with van der Waals surface area (Å²) < 4.78 is 37.6. The molecular weight excluding hydrogens is 267 g/mol. The summed E-state index contributed by atoms with van der Waals surface area (Å²) in [6.07, 6.45) is -0.893. The topological polar surface area (TPSA) is 39.1 Å². The molecule has 2 atom stereocenters. The Morgan fingerprint density at radius 1 is 1.45 bits per heavy atom. The molecule has 0 aromatic heterocycles. The summed E-state index contributed by atoms with van der Waals surface area (Å²) in [5.41, 5.74) is -0.555. The van der Waals surface area contributed by atoms with Crippen LogP contribution in [0.1, 0.15) is 39.5 Å². The molecule has 1 saturated carbocycles. The Hall–Kier alpha value is -0.800. The zero-order valence-corrected chi connectivity index (χ0v) is 12.4. The van der Waals surface area contributed by atoms with E-state index in [0.717, 1.165) is 19.3 Å². The number of rotatable bonds is 6. The van der Waals surface area contributed by atoms with Gasteiger partial charge in [0.05, 0.1) is 12.6 Å². The fourth-order valence-electron chi connectivity index (χ4n) is 3.07. The SMILES string of the molecule is CNC1(C#N)CCCC1CCN(CC(F)(F)F)C(C)C. The fourth-order valence-corrected chi connectivity index (χ4v) is 3.07. The smallest absolute Gasteiger partial charge is 0.302 e. The average molecular weight is 291 g/mol. The Morgan fingerprint density at radius 3 is 2.55 bits per heavy atom. The van der Waals surface area contributed by atoms with E-state index in [1.54, 1.807) is 20.9 Å². The van der Waals surface area contributed by atoms with Crippen molar-refractivity contribution >= 4 is 0 Å². The molecule has 0 radical (unpaired) electrons. The van der Waals surface area contributed by atoms with Crippen molar-refractivity contribution in [2.24, 2.45) is 5.92 Å². The largest absolute Gasteiger partial charge is 0.401 e. The highest BCUT2D eigenvalue weighted by molar-refractivity contribution is 5.13. The normalized spacial score (nSPS) is 27.2. The number of alkyl halides is 3. The van der Waals surface area contributed by atoms with Gasteiger partial charge >= 0.3 is 6.18 Å². The lowest BCUT2D eigenvalue weighted by Gasteiger charge is -2.32.